The number of nitrogens with two attached hydrogens (primary N) is 1. The number of sulfonamides is 2. The zero-order chi connectivity index (χ0) is 25.7. The molecule has 1 unspecified atom stereocenters. The van der Waals surface area contributed by atoms with Crippen LogP contribution in [0.5, 0.6) is 0 Å². The molecule has 0 spiro atoms. The lowest BCUT2D eigenvalue weighted by molar-refractivity contribution is -0.120. The molecule has 1 aromatic heterocycles. The first-order valence-corrected chi connectivity index (χ1v) is 15.7. The van der Waals surface area contributed by atoms with Crippen LogP contribution in [0.3, 0.4) is 0 Å². The van der Waals surface area contributed by atoms with E-state index in [9.17, 15) is 26.4 Å². The van der Waals surface area contributed by atoms with Crippen LogP contribution >= 0.6 is 11.3 Å². The van der Waals surface area contributed by atoms with Gasteiger partial charge in [-0.3, -0.25) is 9.59 Å². The van der Waals surface area contributed by atoms with E-state index in [-0.39, 0.29) is 33.9 Å². The number of aryl methyl sites for hydroxylation is 1. The molecule has 0 radical (unpaired) electrons. The molecule has 0 saturated heterocycles. The van der Waals surface area contributed by atoms with Gasteiger partial charge in [-0.2, -0.15) is 0 Å². The molecule has 3 aliphatic rings. The van der Waals surface area contributed by atoms with Gasteiger partial charge in [-0.15, -0.1) is 11.3 Å². The van der Waals surface area contributed by atoms with E-state index >= 15 is 0 Å². The summed E-state index contributed by atoms with van der Waals surface area (Å²) in [6.07, 6.45) is 4.78. The van der Waals surface area contributed by atoms with Crippen molar-refractivity contribution in [2.45, 2.75) is 54.7 Å². The molecule has 10 nitrogen and oxygen atoms in total. The summed E-state index contributed by atoms with van der Waals surface area (Å²) in [6.45, 7) is 0.354. The highest BCUT2D eigenvalue weighted by molar-refractivity contribution is 7.90. The number of thiophene rings is 1. The van der Waals surface area contributed by atoms with Crippen LogP contribution in [0, 0.1) is 17.8 Å². The lowest BCUT2D eigenvalue weighted by atomic mass is 9.87. The van der Waals surface area contributed by atoms with E-state index in [2.05, 4.69) is 15.4 Å². The van der Waals surface area contributed by atoms with Gasteiger partial charge >= 0.3 is 0 Å². The van der Waals surface area contributed by atoms with E-state index in [1.807, 2.05) is 0 Å². The summed E-state index contributed by atoms with van der Waals surface area (Å²) >= 11 is 1.27. The van der Waals surface area contributed by atoms with Crippen molar-refractivity contribution in [2.24, 2.45) is 22.9 Å². The van der Waals surface area contributed by atoms with Crippen LogP contribution < -0.4 is 20.5 Å². The summed E-state index contributed by atoms with van der Waals surface area (Å²) < 4.78 is 52.7. The normalized spacial score (nSPS) is 20.0. The van der Waals surface area contributed by atoms with Crippen molar-refractivity contribution in [1.29, 1.82) is 0 Å². The molecular weight excluding hydrogens is 524 g/mol. The van der Waals surface area contributed by atoms with Crippen LogP contribution in [-0.2, 0) is 42.5 Å². The predicted molar refractivity (Wildman–Crippen MR) is 136 cm³/mol. The maximum absolute atomic E-state index is 13.4. The summed E-state index contributed by atoms with van der Waals surface area (Å²) in [7, 11) is -7.81. The Morgan fingerprint density at radius 2 is 1.69 bits per heavy atom. The van der Waals surface area contributed by atoms with Crippen molar-refractivity contribution < 1.29 is 26.4 Å². The van der Waals surface area contributed by atoms with Crippen molar-refractivity contribution in [3.05, 3.63) is 34.7 Å². The molecule has 1 heterocycles. The Morgan fingerprint density at radius 1 is 0.972 bits per heavy atom. The van der Waals surface area contributed by atoms with E-state index in [1.54, 1.807) is 6.07 Å². The number of carbonyl (C=O) groups excluding carboxylic acids is 2. The van der Waals surface area contributed by atoms with Crippen molar-refractivity contribution in [2.75, 3.05) is 17.2 Å². The topological polar surface area (TPSA) is 165 Å². The van der Waals surface area contributed by atoms with Gasteiger partial charge in [-0.05, 0) is 74.6 Å². The standard InChI is InChI=1S/C23H28N4O6S3/c24-35(30,31)17-3-1-2-16(11-17)26-22(29)15-8-9-19-18(10-15)20(36(32,33)25-12-13-4-5-13)23(34-19)27-21(28)14-6-7-14/h1-3,11,13-15,25H,4-10,12H2,(H,26,29)(H,27,28)(H2,24,30,31). The highest BCUT2D eigenvalue weighted by atomic mass is 32.2. The predicted octanol–water partition coefficient (Wildman–Crippen LogP) is 2.18. The minimum absolute atomic E-state index is 0.0749. The molecule has 36 heavy (non-hydrogen) atoms. The lowest BCUT2D eigenvalue weighted by Gasteiger charge is -2.22. The average Bonchev–Trinajstić information content (AvgIpc) is 3.73. The number of carbonyl (C=O) groups is 2. The van der Waals surface area contributed by atoms with Gasteiger partial charge in [0.1, 0.15) is 9.90 Å². The molecule has 2 amide bonds. The van der Waals surface area contributed by atoms with Crippen molar-refractivity contribution in [3.63, 3.8) is 0 Å². The molecule has 194 valence electrons. The van der Waals surface area contributed by atoms with Gasteiger partial charge in [0.15, 0.2) is 0 Å². The molecule has 5 rings (SSSR count). The molecule has 5 N–H and O–H groups in total. The number of anilines is 2. The second kappa shape index (κ2) is 9.53. The van der Waals surface area contributed by atoms with Gasteiger partial charge < -0.3 is 10.6 Å². The first kappa shape index (κ1) is 25.3. The van der Waals surface area contributed by atoms with Crippen LogP contribution in [0.25, 0.3) is 0 Å². The first-order chi connectivity index (χ1) is 17.0. The van der Waals surface area contributed by atoms with Gasteiger partial charge in [0.25, 0.3) is 0 Å². The quantitative estimate of drug-likeness (QED) is 0.372. The molecule has 3 aliphatic carbocycles. The molecule has 1 atom stereocenters. The fourth-order valence-electron chi connectivity index (χ4n) is 4.32. The summed E-state index contributed by atoms with van der Waals surface area (Å²) in [5.41, 5.74) is 0.859. The third kappa shape index (κ3) is 5.65. The number of amides is 2. The number of benzene rings is 1. The molecular formula is C23H28N4O6S3. The molecule has 2 saturated carbocycles. The summed E-state index contributed by atoms with van der Waals surface area (Å²) in [5.74, 6) is -0.766. The number of rotatable bonds is 9. The molecule has 1 aromatic carbocycles. The highest BCUT2D eigenvalue weighted by Gasteiger charge is 2.37. The first-order valence-electron chi connectivity index (χ1n) is 11.9. The highest BCUT2D eigenvalue weighted by Crippen LogP contribution is 2.43. The second-order valence-corrected chi connectivity index (χ2v) is 14.1. The number of hydrogen-bond acceptors (Lipinski definition) is 7. The number of fused-ring (bicyclic) bond motifs is 1. The Morgan fingerprint density at radius 3 is 2.36 bits per heavy atom. The van der Waals surface area contributed by atoms with Gasteiger partial charge in [-0.25, -0.2) is 26.7 Å². The number of primary sulfonamides is 1. The molecule has 0 aliphatic heterocycles. The largest absolute Gasteiger partial charge is 0.326 e. The zero-order valence-corrected chi connectivity index (χ0v) is 21.9. The third-order valence-electron chi connectivity index (χ3n) is 6.73. The summed E-state index contributed by atoms with van der Waals surface area (Å²) in [6, 6.07) is 5.68. The molecule has 2 fully saturated rings. The fraction of sp³-hybridized carbons (Fsp3) is 0.478. The smallest absolute Gasteiger partial charge is 0.243 e. The third-order valence-corrected chi connectivity index (χ3v) is 10.5. The Balaban J connectivity index is 1.39. The van der Waals surface area contributed by atoms with Gasteiger partial charge in [0.2, 0.25) is 31.9 Å². The van der Waals surface area contributed by atoms with Crippen LogP contribution in [0.1, 0.15) is 42.5 Å². The SMILES string of the molecule is NS(=O)(=O)c1cccc(NC(=O)C2CCc3sc(NC(=O)C4CC4)c(S(=O)(=O)NCC4CC4)c3C2)c1. The van der Waals surface area contributed by atoms with Crippen molar-refractivity contribution in [1.82, 2.24) is 4.72 Å². The van der Waals surface area contributed by atoms with E-state index in [0.29, 0.717) is 41.6 Å². The van der Waals surface area contributed by atoms with E-state index in [1.165, 1.54) is 29.5 Å². The van der Waals surface area contributed by atoms with Gasteiger partial charge in [-0.1, -0.05) is 6.07 Å². The van der Waals surface area contributed by atoms with Gasteiger partial charge in [0, 0.05) is 28.9 Å². The Kier molecular flexibility index (Phi) is 6.70. The maximum Gasteiger partial charge on any atom is 0.243 e. The van der Waals surface area contributed by atoms with E-state index < -0.39 is 26.0 Å². The van der Waals surface area contributed by atoms with Crippen molar-refractivity contribution in [3.8, 4) is 0 Å². The van der Waals surface area contributed by atoms with Crippen LogP contribution in [0.15, 0.2) is 34.1 Å². The summed E-state index contributed by atoms with van der Waals surface area (Å²) in [4.78, 5) is 26.4. The Labute approximate surface area is 214 Å². The van der Waals surface area contributed by atoms with Gasteiger partial charge in [0.05, 0.1) is 4.90 Å². The van der Waals surface area contributed by atoms with E-state index in [0.717, 1.165) is 30.6 Å². The van der Waals surface area contributed by atoms with Crippen molar-refractivity contribution >= 4 is 53.9 Å². The van der Waals surface area contributed by atoms with E-state index in [4.69, 9.17) is 5.14 Å². The minimum Gasteiger partial charge on any atom is -0.326 e. The Hall–Kier alpha value is -2.32. The maximum atomic E-state index is 13.4. The molecule has 0 bridgehead atoms. The zero-order valence-electron chi connectivity index (χ0n) is 19.4. The molecule has 2 aromatic rings. The van der Waals surface area contributed by atoms with Crippen LogP contribution in [-0.4, -0.2) is 35.2 Å². The molecule has 13 heteroatoms. The number of hydrogen-bond donors (Lipinski definition) is 4. The average molecular weight is 553 g/mol. The Bertz CT molecular complexity index is 1430. The minimum atomic E-state index is -3.92. The second-order valence-electron chi connectivity index (χ2n) is 9.72. The van der Waals surface area contributed by atoms with Crippen LogP contribution in [0.4, 0.5) is 10.7 Å². The summed E-state index contributed by atoms with van der Waals surface area (Å²) in [5, 5.41) is 11.1. The monoisotopic (exact) mass is 552 g/mol. The fourth-order valence-corrected chi connectivity index (χ4v) is 7.97. The van der Waals surface area contributed by atoms with Crippen LogP contribution in [0.2, 0.25) is 0 Å². The lowest BCUT2D eigenvalue weighted by Crippen LogP contribution is -2.31. The number of nitrogens with one attached hydrogen (secondary N) is 3.